The Bertz CT molecular complexity index is 143. The molecule has 0 fully saturated rings. The van der Waals surface area contributed by atoms with Gasteiger partial charge in [0.1, 0.15) is 6.04 Å². The highest BCUT2D eigenvalue weighted by atomic mass is 32.2. The van der Waals surface area contributed by atoms with E-state index in [0.717, 1.165) is 5.75 Å². The Kier molecular flexibility index (Phi) is 6.14. The van der Waals surface area contributed by atoms with Crippen LogP contribution in [0.2, 0.25) is 0 Å². The summed E-state index contributed by atoms with van der Waals surface area (Å²) in [5.74, 6) is 0.382. The second-order valence-electron chi connectivity index (χ2n) is 2.77. The van der Waals surface area contributed by atoms with Crippen molar-refractivity contribution in [2.24, 2.45) is 11.7 Å². The summed E-state index contributed by atoms with van der Waals surface area (Å²) in [5.41, 5.74) is 5.26. The lowest BCUT2D eigenvalue weighted by atomic mass is 10.2. The highest BCUT2D eigenvalue weighted by Gasteiger charge is 2.11. The van der Waals surface area contributed by atoms with Crippen molar-refractivity contribution >= 4 is 17.7 Å². The van der Waals surface area contributed by atoms with E-state index in [1.807, 2.05) is 6.92 Å². The molecule has 2 atom stereocenters. The van der Waals surface area contributed by atoms with Crippen LogP contribution in [0, 0.1) is 5.92 Å². The monoisotopic (exact) mass is 193 g/mol. The maximum absolute atomic E-state index is 10.3. The summed E-state index contributed by atoms with van der Waals surface area (Å²) in [6.07, 6.45) is 0. The third-order valence-corrected chi connectivity index (χ3v) is 2.73. The standard InChI is InChI=1S/C7H15NO3S/c1-5(2-9)3-12-4-6(8)7(10)11/h5-6,9H,2-4,8H2,1H3,(H,10,11). The third kappa shape index (κ3) is 5.40. The van der Waals surface area contributed by atoms with Gasteiger partial charge in [-0.25, -0.2) is 0 Å². The van der Waals surface area contributed by atoms with Gasteiger partial charge in [0.05, 0.1) is 0 Å². The van der Waals surface area contributed by atoms with Crippen molar-refractivity contribution in [2.75, 3.05) is 18.1 Å². The van der Waals surface area contributed by atoms with Gasteiger partial charge in [-0.15, -0.1) is 0 Å². The Morgan fingerprint density at radius 3 is 2.58 bits per heavy atom. The molecule has 4 N–H and O–H groups in total. The number of thioether (sulfide) groups is 1. The molecule has 0 aromatic rings. The minimum atomic E-state index is -0.973. The fraction of sp³-hybridized carbons (Fsp3) is 0.857. The summed E-state index contributed by atoms with van der Waals surface area (Å²) in [5, 5.41) is 17.1. The van der Waals surface area contributed by atoms with Crippen molar-refractivity contribution in [3.05, 3.63) is 0 Å². The second-order valence-corrected chi connectivity index (χ2v) is 3.84. The predicted octanol–water partition coefficient (Wildman–Crippen LogP) is -0.240. The summed E-state index contributed by atoms with van der Waals surface area (Å²) >= 11 is 1.46. The van der Waals surface area contributed by atoms with Crippen molar-refractivity contribution < 1.29 is 15.0 Å². The average Bonchev–Trinajstić information content (AvgIpc) is 2.03. The summed E-state index contributed by atoms with van der Waals surface area (Å²) in [7, 11) is 0. The highest BCUT2D eigenvalue weighted by molar-refractivity contribution is 7.99. The van der Waals surface area contributed by atoms with Gasteiger partial charge < -0.3 is 15.9 Å². The van der Waals surface area contributed by atoms with Gasteiger partial charge in [0, 0.05) is 12.4 Å². The summed E-state index contributed by atoms with van der Waals surface area (Å²) in [6.45, 7) is 2.04. The molecule has 0 amide bonds. The molecule has 4 nitrogen and oxygen atoms in total. The molecule has 12 heavy (non-hydrogen) atoms. The molecule has 72 valence electrons. The Morgan fingerprint density at radius 1 is 1.58 bits per heavy atom. The first-order valence-electron chi connectivity index (χ1n) is 3.75. The number of aliphatic carboxylic acids is 1. The van der Waals surface area contributed by atoms with Crippen LogP contribution >= 0.6 is 11.8 Å². The van der Waals surface area contributed by atoms with Crippen LogP contribution < -0.4 is 5.73 Å². The Morgan fingerprint density at radius 2 is 2.17 bits per heavy atom. The van der Waals surface area contributed by atoms with E-state index >= 15 is 0 Å². The molecule has 0 radical (unpaired) electrons. The zero-order valence-corrected chi connectivity index (χ0v) is 7.88. The number of hydrogen-bond acceptors (Lipinski definition) is 4. The van der Waals surface area contributed by atoms with E-state index in [2.05, 4.69) is 0 Å². The molecule has 0 aliphatic rings. The largest absolute Gasteiger partial charge is 0.480 e. The molecule has 0 aliphatic heterocycles. The van der Waals surface area contributed by atoms with Crippen molar-refractivity contribution in [2.45, 2.75) is 13.0 Å². The SMILES string of the molecule is CC(CO)CSCC(N)C(=O)O. The first-order valence-corrected chi connectivity index (χ1v) is 4.90. The summed E-state index contributed by atoms with van der Waals surface area (Å²) < 4.78 is 0. The third-order valence-electron chi connectivity index (χ3n) is 1.33. The quantitative estimate of drug-likeness (QED) is 0.542. The van der Waals surface area contributed by atoms with E-state index in [1.165, 1.54) is 11.8 Å². The molecular formula is C7H15NO3S. The molecule has 0 saturated carbocycles. The minimum Gasteiger partial charge on any atom is -0.480 e. The van der Waals surface area contributed by atoms with Crippen LogP contribution in [0.3, 0.4) is 0 Å². The number of nitrogens with two attached hydrogens (primary N) is 1. The van der Waals surface area contributed by atoms with Gasteiger partial charge in [0.15, 0.2) is 0 Å². The second kappa shape index (κ2) is 6.28. The van der Waals surface area contributed by atoms with Crippen molar-refractivity contribution in [3.63, 3.8) is 0 Å². The maximum Gasteiger partial charge on any atom is 0.321 e. The van der Waals surface area contributed by atoms with Crippen LogP contribution in [-0.2, 0) is 4.79 Å². The highest BCUT2D eigenvalue weighted by Crippen LogP contribution is 2.08. The Balaban J connectivity index is 3.37. The van der Waals surface area contributed by atoms with Crippen molar-refractivity contribution in [1.29, 1.82) is 0 Å². The zero-order chi connectivity index (χ0) is 9.56. The number of aliphatic hydroxyl groups is 1. The Labute approximate surface area is 76.1 Å². The number of hydrogen-bond donors (Lipinski definition) is 3. The molecular weight excluding hydrogens is 178 g/mol. The van der Waals surface area contributed by atoms with Crippen LogP contribution in [-0.4, -0.2) is 40.3 Å². The predicted molar refractivity (Wildman–Crippen MR) is 49.2 cm³/mol. The molecule has 0 heterocycles. The Hall–Kier alpha value is -0.260. The van der Waals surface area contributed by atoms with Gasteiger partial charge in [0.2, 0.25) is 0 Å². The fourth-order valence-corrected chi connectivity index (χ4v) is 1.56. The molecule has 0 spiro atoms. The molecule has 0 bridgehead atoms. The van der Waals surface area contributed by atoms with E-state index in [1.54, 1.807) is 0 Å². The fourth-order valence-electron chi connectivity index (χ4n) is 0.520. The molecule has 0 rings (SSSR count). The molecule has 0 aliphatic carbocycles. The number of carboxylic acid groups (broad SMARTS) is 1. The lowest BCUT2D eigenvalue weighted by Crippen LogP contribution is -2.32. The number of carbonyl (C=O) groups is 1. The molecule has 0 saturated heterocycles. The first-order chi connectivity index (χ1) is 5.57. The van der Waals surface area contributed by atoms with Crippen LogP contribution in [0.4, 0.5) is 0 Å². The maximum atomic E-state index is 10.3. The van der Waals surface area contributed by atoms with Gasteiger partial charge >= 0.3 is 5.97 Å². The topological polar surface area (TPSA) is 83.5 Å². The van der Waals surface area contributed by atoms with Gasteiger partial charge in [-0.3, -0.25) is 4.79 Å². The summed E-state index contributed by atoms with van der Waals surface area (Å²) in [6, 6.07) is -0.791. The normalized spacial score (nSPS) is 15.6. The zero-order valence-electron chi connectivity index (χ0n) is 7.06. The van der Waals surface area contributed by atoms with E-state index < -0.39 is 12.0 Å². The van der Waals surface area contributed by atoms with E-state index in [-0.39, 0.29) is 12.5 Å². The van der Waals surface area contributed by atoms with E-state index in [4.69, 9.17) is 15.9 Å². The van der Waals surface area contributed by atoms with Crippen molar-refractivity contribution in [3.8, 4) is 0 Å². The molecule has 2 unspecified atom stereocenters. The summed E-state index contributed by atoms with van der Waals surface area (Å²) in [4.78, 5) is 10.3. The lowest BCUT2D eigenvalue weighted by molar-refractivity contribution is -0.137. The molecule has 0 aromatic carbocycles. The lowest BCUT2D eigenvalue weighted by Gasteiger charge is -2.08. The van der Waals surface area contributed by atoms with Gasteiger partial charge in [0.25, 0.3) is 0 Å². The van der Waals surface area contributed by atoms with Crippen LogP contribution in [0.5, 0.6) is 0 Å². The van der Waals surface area contributed by atoms with E-state index in [9.17, 15) is 4.79 Å². The van der Waals surface area contributed by atoms with Gasteiger partial charge in [-0.2, -0.15) is 11.8 Å². The number of carboxylic acids is 1. The van der Waals surface area contributed by atoms with Crippen molar-refractivity contribution in [1.82, 2.24) is 0 Å². The van der Waals surface area contributed by atoms with Crippen LogP contribution in [0.15, 0.2) is 0 Å². The minimum absolute atomic E-state index is 0.134. The van der Waals surface area contributed by atoms with Crippen LogP contribution in [0.25, 0.3) is 0 Å². The first kappa shape index (κ1) is 11.7. The smallest absolute Gasteiger partial charge is 0.321 e. The number of rotatable bonds is 6. The van der Waals surface area contributed by atoms with Gasteiger partial charge in [-0.1, -0.05) is 6.92 Å². The average molecular weight is 193 g/mol. The molecule has 5 heteroatoms. The number of aliphatic hydroxyl groups excluding tert-OH is 1. The van der Waals surface area contributed by atoms with Gasteiger partial charge in [-0.05, 0) is 11.7 Å². The van der Waals surface area contributed by atoms with E-state index in [0.29, 0.717) is 5.75 Å². The van der Waals surface area contributed by atoms with Crippen LogP contribution in [0.1, 0.15) is 6.92 Å². The molecule has 0 aromatic heterocycles.